The van der Waals surface area contributed by atoms with Crippen molar-refractivity contribution in [2.24, 2.45) is 0 Å². The van der Waals surface area contributed by atoms with Gasteiger partial charge in [0.05, 0.1) is 6.10 Å². The molecule has 3 rings (SSSR count). The van der Waals surface area contributed by atoms with Crippen molar-refractivity contribution in [3.8, 4) is 17.2 Å². The van der Waals surface area contributed by atoms with E-state index < -0.39 is 0 Å². The van der Waals surface area contributed by atoms with Crippen LogP contribution in [-0.4, -0.2) is 28.0 Å². The van der Waals surface area contributed by atoms with Gasteiger partial charge in [-0.3, -0.25) is 0 Å². The molecule has 1 aliphatic rings. The molecule has 1 saturated heterocycles. The molecule has 20 heavy (non-hydrogen) atoms. The first kappa shape index (κ1) is 13.1. The molecule has 5 heteroatoms. The summed E-state index contributed by atoms with van der Waals surface area (Å²) in [6.45, 7) is 2.67. The van der Waals surface area contributed by atoms with E-state index in [9.17, 15) is 5.11 Å². The number of aryl methyl sites for hydroxylation is 1. The first-order valence-corrected chi connectivity index (χ1v) is 6.96. The normalized spacial score (nSPS) is 19.1. The predicted molar refractivity (Wildman–Crippen MR) is 73.4 cm³/mol. The van der Waals surface area contributed by atoms with Gasteiger partial charge in [0.2, 0.25) is 0 Å². The van der Waals surface area contributed by atoms with Gasteiger partial charge in [0.25, 0.3) is 5.89 Å². The molecular formula is C15H18N2O3. The van der Waals surface area contributed by atoms with E-state index in [0.29, 0.717) is 18.1 Å². The molecule has 106 valence electrons. The SMILES string of the molecule is Cc1cc(-c2nc(CC3CCCCO3)no2)ccc1O. The maximum absolute atomic E-state index is 9.53. The maximum atomic E-state index is 9.53. The zero-order valence-corrected chi connectivity index (χ0v) is 11.5. The molecule has 0 spiro atoms. The Kier molecular flexibility index (Phi) is 3.69. The summed E-state index contributed by atoms with van der Waals surface area (Å²) in [4.78, 5) is 4.41. The van der Waals surface area contributed by atoms with Gasteiger partial charge in [-0.25, -0.2) is 0 Å². The van der Waals surface area contributed by atoms with E-state index in [1.165, 1.54) is 6.42 Å². The van der Waals surface area contributed by atoms with E-state index >= 15 is 0 Å². The minimum atomic E-state index is 0.204. The van der Waals surface area contributed by atoms with Gasteiger partial charge in [0, 0.05) is 18.6 Å². The quantitative estimate of drug-likeness (QED) is 0.932. The van der Waals surface area contributed by atoms with E-state index in [-0.39, 0.29) is 11.9 Å². The Morgan fingerprint density at radius 3 is 3.00 bits per heavy atom. The lowest BCUT2D eigenvalue weighted by Gasteiger charge is -2.20. The van der Waals surface area contributed by atoms with Crippen molar-refractivity contribution in [2.45, 2.75) is 38.7 Å². The maximum Gasteiger partial charge on any atom is 0.257 e. The largest absolute Gasteiger partial charge is 0.508 e. The monoisotopic (exact) mass is 274 g/mol. The second-order valence-corrected chi connectivity index (χ2v) is 5.21. The molecule has 5 nitrogen and oxygen atoms in total. The minimum Gasteiger partial charge on any atom is -0.508 e. The van der Waals surface area contributed by atoms with Crippen molar-refractivity contribution in [3.05, 3.63) is 29.6 Å². The van der Waals surface area contributed by atoms with Crippen molar-refractivity contribution in [1.82, 2.24) is 10.1 Å². The number of rotatable bonds is 3. The van der Waals surface area contributed by atoms with E-state index in [0.717, 1.165) is 30.6 Å². The van der Waals surface area contributed by atoms with Crippen LogP contribution in [0.1, 0.15) is 30.7 Å². The number of phenols is 1. The smallest absolute Gasteiger partial charge is 0.257 e. The Labute approximate surface area is 117 Å². The fourth-order valence-corrected chi connectivity index (χ4v) is 2.41. The van der Waals surface area contributed by atoms with Crippen LogP contribution < -0.4 is 0 Å². The van der Waals surface area contributed by atoms with Crippen molar-refractivity contribution in [2.75, 3.05) is 6.61 Å². The van der Waals surface area contributed by atoms with E-state index in [2.05, 4.69) is 10.1 Å². The lowest BCUT2D eigenvalue weighted by molar-refractivity contribution is 0.0153. The Bertz CT molecular complexity index is 589. The molecule has 1 unspecified atom stereocenters. The summed E-state index contributed by atoms with van der Waals surface area (Å²) in [5.74, 6) is 1.43. The highest BCUT2D eigenvalue weighted by Gasteiger charge is 2.18. The molecule has 1 atom stereocenters. The van der Waals surface area contributed by atoms with Crippen LogP contribution in [0.5, 0.6) is 5.75 Å². The van der Waals surface area contributed by atoms with Crippen LogP contribution in [0.3, 0.4) is 0 Å². The number of ether oxygens (including phenoxy) is 1. The number of nitrogens with zero attached hydrogens (tertiary/aromatic N) is 2. The molecule has 1 aromatic carbocycles. The van der Waals surface area contributed by atoms with Gasteiger partial charge in [-0.05, 0) is 49.9 Å². The number of benzene rings is 1. The minimum absolute atomic E-state index is 0.204. The third-order valence-electron chi connectivity index (χ3n) is 3.60. The average Bonchev–Trinajstić information content (AvgIpc) is 2.91. The molecular weight excluding hydrogens is 256 g/mol. The Morgan fingerprint density at radius 1 is 1.35 bits per heavy atom. The molecule has 1 aliphatic heterocycles. The summed E-state index contributed by atoms with van der Waals surface area (Å²) in [5, 5.41) is 13.5. The zero-order chi connectivity index (χ0) is 13.9. The third kappa shape index (κ3) is 2.82. The molecule has 1 aromatic heterocycles. The fourth-order valence-electron chi connectivity index (χ4n) is 2.41. The Hall–Kier alpha value is -1.88. The summed E-state index contributed by atoms with van der Waals surface area (Å²) in [5.41, 5.74) is 1.61. The summed E-state index contributed by atoms with van der Waals surface area (Å²) in [6.07, 6.45) is 4.30. The van der Waals surface area contributed by atoms with Crippen molar-refractivity contribution in [3.63, 3.8) is 0 Å². The standard InChI is InChI=1S/C15H18N2O3/c1-10-8-11(5-6-13(10)18)15-16-14(17-20-15)9-12-4-2-3-7-19-12/h5-6,8,12,18H,2-4,7,9H2,1H3. The number of aromatic hydroxyl groups is 1. The number of aromatic nitrogens is 2. The van der Waals surface area contributed by atoms with Crippen LogP contribution in [0.15, 0.2) is 22.7 Å². The molecule has 0 radical (unpaired) electrons. The first-order chi connectivity index (χ1) is 9.72. The topological polar surface area (TPSA) is 68.4 Å². The Morgan fingerprint density at radius 2 is 2.25 bits per heavy atom. The lowest BCUT2D eigenvalue weighted by atomic mass is 10.1. The number of phenolic OH excluding ortho intramolecular Hbond substituents is 1. The zero-order valence-electron chi connectivity index (χ0n) is 11.5. The number of hydrogen-bond donors (Lipinski definition) is 1. The third-order valence-corrected chi connectivity index (χ3v) is 3.60. The average molecular weight is 274 g/mol. The van der Waals surface area contributed by atoms with Crippen LogP contribution in [0.2, 0.25) is 0 Å². The van der Waals surface area contributed by atoms with Gasteiger partial charge in [-0.15, -0.1) is 0 Å². The van der Waals surface area contributed by atoms with Crippen molar-refractivity contribution >= 4 is 0 Å². The summed E-state index contributed by atoms with van der Waals surface area (Å²) in [7, 11) is 0. The lowest BCUT2D eigenvalue weighted by Crippen LogP contribution is -2.21. The van der Waals surface area contributed by atoms with Gasteiger partial charge in [-0.1, -0.05) is 5.16 Å². The predicted octanol–water partition coefficient (Wildman–Crippen LogP) is 2.86. The van der Waals surface area contributed by atoms with Crippen LogP contribution in [0.25, 0.3) is 11.5 Å². The summed E-state index contributed by atoms with van der Waals surface area (Å²) < 4.78 is 11.0. The second-order valence-electron chi connectivity index (χ2n) is 5.21. The second kappa shape index (κ2) is 5.63. The van der Waals surface area contributed by atoms with E-state index in [1.54, 1.807) is 12.1 Å². The molecule has 1 N–H and O–H groups in total. The number of hydrogen-bond acceptors (Lipinski definition) is 5. The molecule has 0 saturated carbocycles. The molecule has 1 fully saturated rings. The highest BCUT2D eigenvalue weighted by Crippen LogP contribution is 2.24. The molecule has 2 heterocycles. The molecule has 0 amide bonds. The van der Waals surface area contributed by atoms with Gasteiger partial charge >= 0.3 is 0 Å². The molecule has 2 aromatic rings. The van der Waals surface area contributed by atoms with Crippen LogP contribution in [0.4, 0.5) is 0 Å². The van der Waals surface area contributed by atoms with Crippen molar-refractivity contribution in [1.29, 1.82) is 0 Å². The van der Waals surface area contributed by atoms with Crippen LogP contribution in [0, 0.1) is 6.92 Å². The summed E-state index contributed by atoms with van der Waals surface area (Å²) in [6, 6.07) is 5.25. The van der Waals surface area contributed by atoms with Crippen LogP contribution in [-0.2, 0) is 11.2 Å². The van der Waals surface area contributed by atoms with Gasteiger partial charge in [-0.2, -0.15) is 4.98 Å². The Balaban J connectivity index is 1.73. The van der Waals surface area contributed by atoms with Gasteiger partial charge < -0.3 is 14.4 Å². The highest BCUT2D eigenvalue weighted by molar-refractivity contribution is 5.56. The van der Waals surface area contributed by atoms with Crippen molar-refractivity contribution < 1.29 is 14.4 Å². The summed E-state index contributed by atoms with van der Waals surface area (Å²) >= 11 is 0. The van der Waals surface area contributed by atoms with Crippen LogP contribution >= 0.6 is 0 Å². The van der Waals surface area contributed by atoms with Gasteiger partial charge in [0.1, 0.15) is 5.75 Å². The highest BCUT2D eigenvalue weighted by atomic mass is 16.5. The molecule has 0 bridgehead atoms. The van der Waals surface area contributed by atoms with E-state index in [4.69, 9.17) is 9.26 Å². The fraction of sp³-hybridized carbons (Fsp3) is 0.467. The van der Waals surface area contributed by atoms with Gasteiger partial charge in [0.15, 0.2) is 5.82 Å². The first-order valence-electron chi connectivity index (χ1n) is 6.96. The molecule has 0 aliphatic carbocycles. The van der Waals surface area contributed by atoms with E-state index in [1.807, 2.05) is 13.0 Å².